The van der Waals surface area contributed by atoms with Crippen molar-refractivity contribution in [1.82, 2.24) is 0 Å². The number of ether oxygens (including phenoxy) is 2. The Labute approximate surface area is 150 Å². The molecule has 0 saturated heterocycles. The van der Waals surface area contributed by atoms with Crippen molar-refractivity contribution in [3.05, 3.63) is 59.7 Å². The van der Waals surface area contributed by atoms with E-state index in [1.165, 1.54) is 6.08 Å². The number of carbonyl (C=O) groups is 2. The number of anilines is 1. The lowest BCUT2D eigenvalue weighted by Gasteiger charge is -2.08. The minimum absolute atomic E-state index is 0.141. The molecule has 0 saturated carbocycles. The SMILES string of the molecule is COc1ccc(NC(=O)COc2ccc(/C=C(\C#N)C(N)=O)cc2)cc1. The van der Waals surface area contributed by atoms with Crippen molar-refractivity contribution in [2.24, 2.45) is 5.73 Å². The molecule has 2 aromatic carbocycles. The van der Waals surface area contributed by atoms with Crippen LogP contribution in [-0.2, 0) is 9.59 Å². The van der Waals surface area contributed by atoms with Crippen molar-refractivity contribution >= 4 is 23.6 Å². The van der Waals surface area contributed by atoms with E-state index in [1.54, 1.807) is 61.7 Å². The fourth-order valence-corrected chi connectivity index (χ4v) is 2.01. The number of rotatable bonds is 7. The molecule has 7 heteroatoms. The van der Waals surface area contributed by atoms with Crippen LogP contribution >= 0.6 is 0 Å². The number of nitrogens with one attached hydrogen (secondary N) is 1. The summed E-state index contributed by atoms with van der Waals surface area (Å²) >= 11 is 0. The summed E-state index contributed by atoms with van der Waals surface area (Å²) in [6.45, 7) is -0.161. The summed E-state index contributed by atoms with van der Waals surface area (Å²) in [7, 11) is 1.57. The third-order valence-electron chi connectivity index (χ3n) is 3.32. The van der Waals surface area contributed by atoms with Gasteiger partial charge in [-0.15, -0.1) is 0 Å². The maximum atomic E-state index is 11.9. The number of hydrogen-bond acceptors (Lipinski definition) is 5. The minimum Gasteiger partial charge on any atom is -0.497 e. The number of primary amides is 1. The smallest absolute Gasteiger partial charge is 0.262 e. The molecule has 0 heterocycles. The predicted molar refractivity (Wildman–Crippen MR) is 96.3 cm³/mol. The average molecular weight is 351 g/mol. The van der Waals surface area contributed by atoms with Crippen LogP contribution in [-0.4, -0.2) is 25.5 Å². The van der Waals surface area contributed by atoms with Gasteiger partial charge in [0.2, 0.25) is 0 Å². The molecule has 0 atom stereocenters. The zero-order valence-corrected chi connectivity index (χ0v) is 14.1. The van der Waals surface area contributed by atoms with E-state index in [0.29, 0.717) is 22.7 Å². The van der Waals surface area contributed by atoms with Crippen LogP contribution in [0.2, 0.25) is 0 Å². The van der Waals surface area contributed by atoms with Gasteiger partial charge >= 0.3 is 0 Å². The van der Waals surface area contributed by atoms with Gasteiger partial charge in [0.15, 0.2) is 6.61 Å². The molecular formula is C19H17N3O4. The summed E-state index contributed by atoms with van der Waals surface area (Å²) in [6, 6.07) is 15.2. The number of nitriles is 1. The number of nitrogens with two attached hydrogens (primary N) is 1. The zero-order valence-electron chi connectivity index (χ0n) is 14.1. The van der Waals surface area contributed by atoms with Gasteiger partial charge in [-0.1, -0.05) is 12.1 Å². The van der Waals surface area contributed by atoms with Crippen LogP contribution in [0.5, 0.6) is 11.5 Å². The number of hydrogen-bond donors (Lipinski definition) is 2. The Bertz CT molecular complexity index is 850. The van der Waals surface area contributed by atoms with E-state index in [4.69, 9.17) is 20.5 Å². The summed E-state index contributed by atoms with van der Waals surface area (Å²) < 4.78 is 10.5. The van der Waals surface area contributed by atoms with E-state index < -0.39 is 5.91 Å². The largest absolute Gasteiger partial charge is 0.497 e. The number of methoxy groups -OCH3 is 1. The van der Waals surface area contributed by atoms with E-state index in [1.807, 2.05) is 0 Å². The number of amides is 2. The lowest BCUT2D eigenvalue weighted by molar-refractivity contribution is -0.118. The Hall–Kier alpha value is -3.79. The molecule has 0 aromatic heterocycles. The van der Waals surface area contributed by atoms with Crippen molar-refractivity contribution in [3.63, 3.8) is 0 Å². The van der Waals surface area contributed by atoms with Crippen molar-refractivity contribution < 1.29 is 19.1 Å². The van der Waals surface area contributed by atoms with Crippen molar-refractivity contribution in [3.8, 4) is 17.6 Å². The summed E-state index contributed by atoms with van der Waals surface area (Å²) in [5, 5.41) is 11.5. The molecular weight excluding hydrogens is 334 g/mol. The van der Waals surface area contributed by atoms with Crippen LogP contribution in [0.4, 0.5) is 5.69 Å². The highest BCUT2D eigenvalue weighted by Gasteiger charge is 2.05. The van der Waals surface area contributed by atoms with Crippen molar-refractivity contribution in [1.29, 1.82) is 5.26 Å². The minimum atomic E-state index is -0.789. The quantitative estimate of drug-likeness (QED) is 0.586. The number of carbonyl (C=O) groups excluding carboxylic acids is 2. The van der Waals surface area contributed by atoms with E-state index in [2.05, 4.69) is 5.32 Å². The van der Waals surface area contributed by atoms with Gasteiger partial charge in [-0.2, -0.15) is 5.26 Å². The standard InChI is InChI=1S/C19H17N3O4/c1-25-16-8-4-15(5-9-16)22-18(23)12-26-17-6-2-13(3-7-17)10-14(11-20)19(21)24/h2-10H,12H2,1H3,(H2,21,24)(H,22,23)/b14-10+. The molecule has 26 heavy (non-hydrogen) atoms. The lowest BCUT2D eigenvalue weighted by Crippen LogP contribution is -2.20. The molecule has 7 nitrogen and oxygen atoms in total. The maximum absolute atomic E-state index is 11.9. The maximum Gasteiger partial charge on any atom is 0.262 e. The summed E-state index contributed by atoms with van der Waals surface area (Å²) in [5.41, 5.74) is 6.19. The van der Waals surface area contributed by atoms with Gasteiger partial charge in [-0.25, -0.2) is 0 Å². The highest BCUT2D eigenvalue weighted by Crippen LogP contribution is 2.16. The van der Waals surface area contributed by atoms with Gasteiger partial charge in [0.05, 0.1) is 7.11 Å². The van der Waals surface area contributed by atoms with E-state index >= 15 is 0 Å². The van der Waals surface area contributed by atoms with Crippen LogP contribution in [0.15, 0.2) is 54.1 Å². The van der Waals surface area contributed by atoms with Gasteiger partial charge in [0.25, 0.3) is 11.8 Å². The second-order valence-electron chi connectivity index (χ2n) is 5.17. The monoisotopic (exact) mass is 351 g/mol. The molecule has 0 radical (unpaired) electrons. The van der Waals surface area contributed by atoms with E-state index in [9.17, 15) is 9.59 Å². The van der Waals surface area contributed by atoms with Gasteiger partial charge in [-0.05, 0) is 48.0 Å². The fraction of sp³-hybridized carbons (Fsp3) is 0.105. The summed E-state index contributed by atoms with van der Waals surface area (Å²) in [4.78, 5) is 22.9. The Morgan fingerprint density at radius 3 is 2.27 bits per heavy atom. The fourth-order valence-electron chi connectivity index (χ4n) is 2.01. The van der Waals surface area contributed by atoms with Gasteiger partial charge in [0.1, 0.15) is 23.1 Å². The molecule has 0 spiro atoms. The first-order chi connectivity index (χ1) is 12.5. The molecule has 0 fully saturated rings. The zero-order chi connectivity index (χ0) is 18.9. The van der Waals surface area contributed by atoms with Gasteiger partial charge in [0, 0.05) is 5.69 Å². The van der Waals surface area contributed by atoms with Crippen molar-refractivity contribution in [2.75, 3.05) is 19.0 Å². The summed E-state index contributed by atoms with van der Waals surface area (Å²) in [5.74, 6) is 0.0801. The highest BCUT2D eigenvalue weighted by molar-refractivity contribution is 6.00. The first-order valence-corrected chi connectivity index (χ1v) is 7.60. The number of benzene rings is 2. The first-order valence-electron chi connectivity index (χ1n) is 7.60. The molecule has 2 amide bonds. The average Bonchev–Trinajstić information content (AvgIpc) is 2.65. The normalized spacial score (nSPS) is 10.5. The molecule has 0 unspecified atom stereocenters. The predicted octanol–water partition coefficient (Wildman–Crippen LogP) is 2.10. The molecule has 0 bridgehead atoms. The lowest BCUT2D eigenvalue weighted by atomic mass is 10.1. The third kappa shape index (κ3) is 5.39. The Kier molecular flexibility index (Phi) is 6.34. The topological polar surface area (TPSA) is 114 Å². The molecule has 0 aliphatic carbocycles. The van der Waals surface area contributed by atoms with Gasteiger partial charge < -0.3 is 20.5 Å². The third-order valence-corrected chi connectivity index (χ3v) is 3.32. The second-order valence-corrected chi connectivity index (χ2v) is 5.17. The Balaban J connectivity index is 1.90. The van der Waals surface area contributed by atoms with Crippen LogP contribution in [0.1, 0.15) is 5.56 Å². The van der Waals surface area contributed by atoms with Crippen molar-refractivity contribution in [2.45, 2.75) is 0 Å². The molecule has 2 aromatic rings. The Morgan fingerprint density at radius 1 is 1.12 bits per heavy atom. The molecule has 0 aliphatic heterocycles. The Morgan fingerprint density at radius 2 is 1.73 bits per heavy atom. The number of nitrogens with zero attached hydrogens (tertiary/aromatic N) is 1. The molecule has 2 rings (SSSR count). The van der Waals surface area contributed by atoms with E-state index in [-0.39, 0.29) is 18.1 Å². The molecule has 132 valence electrons. The molecule has 3 N–H and O–H groups in total. The van der Waals surface area contributed by atoms with Crippen LogP contribution in [0.3, 0.4) is 0 Å². The first kappa shape index (κ1) is 18.5. The van der Waals surface area contributed by atoms with E-state index in [0.717, 1.165) is 0 Å². The highest BCUT2D eigenvalue weighted by atomic mass is 16.5. The van der Waals surface area contributed by atoms with Crippen LogP contribution in [0.25, 0.3) is 6.08 Å². The van der Waals surface area contributed by atoms with Gasteiger partial charge in [-0.3, -0.25) is 9.59 Å². The van der Waals surface area contributed by atoms with Crippen LogP contribution in [0, 0.1) is 11.3 Å². The second kappa shape index (κ2) is 8.89. The van der Waals surface area contributed by atoms with Crippen LogP contribution < -0.4 is 20.5 Å². The molecule has 0 aliphatic rings. The summed E-state index contributed by atoms with van der Waals surface area (Å²) in [6.07, 6.45) is 1.38.